The number of hydrogen-bond donors (Lipinski definition) is 0. The molecule has 1 atom stereocenters. The SMILES string of the molecule is COc1cc2c(cc1C=Nc1cccc(Cl)c1)C(C)CC(C)(C)N2C. The Morgan fingerprint density at radius 1 is 1.28 bits per heavy atom. The standard InChI is InChI=1S/C21H25ClN2O/c1-14-12-21(2,3)24(4)19-11-20(25-5)15(9-18(14)19)13-23-17-8-6-7-16(22)10-17/h6-11,13-14H,12H2,1-5H3. The van der Waals surface area contributed by atoms with E-state index in [1.807, 2.05) is 30.5 Å². The van der Waals surface area contributed by atoms with Gasteiger partial charge in [0.2, 0.25) is 0 Å². The first kappa shape index (κ1) is 17.8. The number of halogens is 1. The monoisotopic (exact) mass is 356 g/mol. The summed E-state index contributed by atoms with van der Waals surface area (Å²) in [5.41, 5.74) is 4.53. The summed E-state index contributed by atoms with van der Waals surface area (Å²) in [4.78, 5) is 6.91. The molecule has 25 heavy (non-hydrogen) atoms. The Hall–Kier alpha value is -2.00. The van der Waals surface area contributed by atoms with Gasteiger partial charge in [-0.05, 0) is 56.0 Å². The number of benzene rings is 2. The van der Waals surface area contributed by atoms with Gasteiger partial charge in [-0.1, -0.05) is 24.6 Å². The minimum atomic E-state index is 0.133. The predicted octanol–water partition coefficient (Wildman–Crippen LogP) is 5.82. The highest BCUT2D eigenvalue weighted by Crippen LogP contribution is 2.44. The molecule has 0 N–H and O–H groups in total. The number of rotatable bonds is 3. The van der Waals surface area contributed by atoms with E-state index < -0.39 is 0 Å². The van der Waals surface area contributed by atoms with Crippen LogP contribution in [-0.2, 0) is 0 Å². The van der Waals surface area contributed by atoms with Crippen molar-refractivity contribution in [3.8, 4) is 5.75 Å². The molecule has 0 radical (unpaired) electrons. The van der Waals surface area contributed by atoms with E-state index in [1.54, 1.807) is 7.11 Å². The molecule has 1 aliphatic heterocycles. The van der Waals surface area contributed by atoms with Crippen LogP contribution in [0.2, 0.25) is 5.02 Å². The summed E-state index contributed by atoms with van der Waals surface area (Å²) < 4.78 is 5.63. The first-order valence-corrected chi connectivity index (χ1v) is 8.95. The van der Waals surface area contributed by atoms with E-state index in [2.05, 4.69) is 49.8 Å². The summed E-state index contributed by atoms with van der Waals surface area (Å²) in [6.07, 6.45) is 2.98. The van der Waals surface area contributed by atoms with Crippen LogP contribution in [0.15, 0.2) is 41.4 Å². The molecule has 1 heterocycles. The summed E-state index contributed by atoms with van der Waals surface area (Å²) in [7, 11) is 3.86. The Balaban J connectivity index is 2.03. The van der Waals surface area contributed by atoms with Crippen LogP contribution in [0.25, 0.3) is 0 Å². The van der Waals surface area contributed by atoms with Gasteiger partial charge in [-0.25, -0.2) is 0 Å². The van der Waals surface area contributed by atoms with E-state index in [-0.39, 0.29) is 5.54 Å². The maximum Gasteiger partial charge on any atom is 0.129 e. The molecule has 0 amide bonds. The lowest BCUT2D eigenvalue weighted by Crippen LogP contribution is -2.45. The minimum absolute atomic E-state index is 0.133. The van der Waals surface area contributed by atoms with E-state index in [0.29, 0.717) is 10.9 Å². The van der Waals surface area contributed by atoms with Crippen LogP contribution in [0.3, 0.4) is 0 Å². The molecule has 2 aromatic carbocycles. The molecule has 3 nitrogen and oxygen atoms in total. The molecule has 1 aliphatic rings. The van der Waals surface area contributed by atoms with E-state index in [9.17, 15) is 0 Å². The van der Waals surface area contributed by atoms with Gasteiger partial charge in [-0.15, -0.1) is 0 Å². The highest BCUT2D eigenvalue weighted by molar-refractivity contribution is 6.30. The predicted molar refractivity (Wildman–Crippen MR) is 107 cm³/mol. The zero-order valence-corrected chi connectivity index (χ0v) is 16.3. The zero-order chi connectivity index (χ0) is 18.2. The lowest BCUT2D eigenvalue weighted by atomic mass is 9.80. The molecule has 3 rings (SSSR count). The number of anilines is 1. The van der Waals surface area contributed by atoms with Crippen molar-refractivity contribution in [3.63, 3.8) is 0 Å². The summed E-state index contributed by atoms with van der Waals surface area (Å²) in [5.74, 6) is 1.33. The van der Waals surface area contributed by atoms with E-state index in [1.165, 1.54) is 11.3 Å². The molecule has 2 aromatic rings. The molecule has 0 spiro atoms. The van der Waals surface area contributed by atoms with E-state index in [4.69, 9.17) is 16.3 Å². The second-order valence-electron chi connectivity index (χ2n) is 7.37. The third kappa shape index (κ3) is 3.52. The average molecular weight is 357 g/mol. The zero-order valence-electron chi connectivity index (χ0n) is 15.5. The topological polar surface area (TPSA) is 24.8 Å². The lowest BCUT2D eigenvalue weighted by Gasteiger charge is -2.45. The number of methoxy groups -OCH3 is 1. The highest BCUT2D eigenvalue weighted by atomic mass is 35.5. The molecule has 0 aliphatic carbocycles. The van der Waals surface area contributed by atoms with Gasteiger partial charge in [0.05, 0.1) is 12.8 Å². The molecule has 4 heteroatoms. The maximum absolute atomic E-state index is 6.04. The van der Waals surface area contributed by atoms with Crippen molar-refractivity contribution < 1.29 is 4.74 Å². The number of nitrogens with zero attached hydrogens (tertiary/aromatic N) is 2. The molecule has 0 aromatic heterocycles. The Morgan fingerprint density at radius 2 is 2.04 bits per heavy atom. The summed E-state index contributed by atoms with van der Waals surface area (Å²) in [6, 6.07) is 11.9. The lowest BCUT2D eigenvalue weighted by molar-refractivity contribution is 0.389. The Bertz CT molecular complexity index is 814. The van der Waals surface area contributed by atoms with Gasteiger partial charge < -0.3 is 9.64 Å². The first-order chi connectivity index (χ1) is 11.8. The van der Waals surface area contributed by atoms with Gasteiger partial charge in [-0.2, -0.15) is 0 Å². The molecule has 1 unspecified atom stereocenters. The molecular weight excluding hydrogens is 332 g/mol. The Kier molecular flexibility index (Phi) is 4.79. The van der Waals surface area contributed by atoms with Gasteiger partial charge in [0.1, 0.15) is 5.75 Å². The van der Waals surface area contributed by atoms with Gasteiger partial charge in [0, 0.05) is 41.1 Å². The van der Waals surface area contributed by atoms with Crippen LogP contribution in [-0.4, -0.2) is 25.9 Å². The average Bonchev–Trinajstić information content (AvgIpc) is 2.57. The van der Waals surface area contributed by atoms with Crippen molar-refractivity contribution in [1.82, 2.24) is 0 Å². The van der Waals surface area contributed by atoms with Crippen molar-refractivity contribution in [2.75, 3.05) is 19.1 Å². The van der Waals surface area contributed by atoms with Crippen LogP contribution in [0.5, 0.6) is 5.75 Å². The Morgan fingerprint density at radius 3 is 2.72 bits per heavy atom. The van der Waals surface area contributed by atoms with Crippen LogP contribution in [0.4, 0.5) is 11.4 Å². The van der Waals surface area contributed by atoms with Crippen molar-refractivity contribution in [2.24, 2.45) is 4.99 Å². The fourth-order valence-electron chi connectivity index (χ4n) is 3.59. The first-order valence-electron chi connectivity index (χ1n) is 8.57. The molecule has 0 fully saturated rings. The number of ether oxygens (including phenoxy) is 1. The number of aliphatic imine (C=N–C) groups is 1. The Labute approximate surface area is 155 Å². The van der Waals surface area contributed by atoms with Crippen LogP contribution in [0.1, 0.15) is 44.2 Å². The van der Waals surface area contributed by atoms with Gasteiger partial charge >= 0.3 is 0 Å². The number of hydrogen-bond acceptors (Lipinski definition) is 3. The van der Waals surface area contributed by atoms with Crippen molar-refractivity contribution in [2.45, 2.75) is 38.6 Å². The molecule has 0 saturated heterocycles. The molecule has 0 saturated carbocycles. The van der Waals surface area contributed by atoms with Crippen LogP contribution >= 0.6 is 11.6 Å². The third-order valence-corrected chi connectivity index (χ3v) is 5.38. The number of fused-ring (bicyclic) bond motifs is 1. The van der Waals surface area contributed by atoms with Gasteiger partial charge in [-0.3, -0.25) is 4.99 Å². The van der Waals surface area contributed by atoms with Crippen molar-refractivity contribution >= 4 is 29.2 Å². The second kappa shape index (κ2) is 6.72. The second-order valence-corrected chi connectivity index (χ2v) is 7.80. The largest absolute Gasteiger partial charge is 0.496 e. The molecule has 0 bridgehead atoms. The normalized spacial score (nSPS) is 19.1. The van der Waals surface area contributed by atoms with Crippen molar-refractivity contribution in [3.05, 3.63) is 52.5 Å². The smallest absolute Gasteiger partial charge is 0.129 e. The van der Waals surface area contributed by atoms with Crippen LogP contribution in [0, 0.1) is 0 Å². The van der Waals surface area contributed by atoms with E-state index >= 15 is 0 Å². The highest BCUT2D eigenvalue weighted by Gasteiger charge is 2.34. The quantitative estimate of drug-likeness (QED) is 0.647. The summed E-state index contributed by atoms with van der Waals surface area (Å²) >= 11 is 6.04. The fraction of sp³-hybridized carbons (Fsp3) is 0.381. The van der Waals surface area contributed by atoms with Gasteiger partial charge in [0.25, 0.3) is 0 Å². The maximum atomic E-state index is 6.04. The fourth-order valence-corrected chi connectivity index (χ4v) is 3.77. The summed E-state index contributed by atoms with van der Waals surface area (Å²) in [6.45, 7) is 6.86. The minimum Gasteiger partial charge on any atom is -0.496 e. The summed E-state index contributed by atoms with van der Waals surface area (Å²) in [5, 5.41) is 0.685. The van der Waals surface area contributed by atoms with Crippen LogP contribution < -0.4 is 9.64 Å². The van der Waals surface area contributed by atoms with Crippen molar-refractivity contribution in [1.29, 1.82) is 0 Å². The molecular formula is C21H25ClN2O. The van der Waals surface area contributed by atoms with E-state index in [0.717, 1.165) is 23.4 Å². The van der Waals surface area contributed by atoms with Gasteiger partial charge in [0.15, 0.2) is 0 Å². The third-order valence-electron chi connectivity index (χ3n) is 5.15. The molecule has 132 valence electrons.